The molecular weight excluding hydrogens is 348 g/mol. The first-order valence-corrected chi connectivity index (χ1v) is 9.53. The minimum atomic E-state index is 0.885. The zero-order chi connectivity index (χ0) is 20.3. The summed E-state index contributed by atoms with van der Waals surface area (Å²) in [5.41, 5.74) is 7.91. The monoisotopic (exact) mass is 376 g/mol. The van der Waals surface area contributed by atoms with Crippen LogP contribution in [0.25, 0.3) is 22.3 Å². The van der Waals surface area contributed by atoms with Crippen molar-refractivity contribution in [2.45, 2.75) is 27.2 Å². The van der Waals surface area contributed by atoms with E-state index >= 15 is 0 Å². The molecule has 0 atom stereocenters. The normalized spacial score (nSPS) is 10.6. The molecule has 3 rings (SSSR count). The predicted octanol–water partition coefficient (Wildman–Crippen LogP) is 6.23. The summed E-state index contributed by atoms with van der Waals surface area (Å²) in [5.74, 6) is 2.71. The SMILES string of the molecule is CCc1ccc(-c2ccc(OC)c(C)c2)c(-c2ccc(OC)c(C)c2)c1OC. The number of ether oxygens (including phenoxy) is 3. The van der Waals surface area contributed by atoms with Crippen LogP contribution in [0.4, 0.5) is 0 Å². The number of methoxy groups -OCH3 is 3. The predicted molar refractivity (Wildman–Crippen MR) is 116 cm³/mol. The van der Waals surface area contributed by atoms with Crippen molar-refractivity contribution in [3.8, 4) is 39.5 Å². The van der Waals surface area contributed by atoms with Crippen LogP contribution in [0.2, 0.25) is 0 Å². The van der Waals surface area contributed by atoms with Crippen molar-refractivity contribution >= 4 is 0 Å². The lowest BCUT2D eigenvalue weighted by Gasteiger charge is -2.19. The van der Waals surface area contributed by atoms with E-state index in [0.717, 1.165) is 57.1 Å². The Hall–Kier alpha value is -2.94. The van der Waals surface area contributed by atoms with E-state index in [9.17, 15) is 0 Å². The van der Waals surface area contributed by atoms with Crippen LogP contribution < -0.4 is 14.2 Å². The average Bonchev–Trinajstić information content (AvgIpc) is 2.72. The summed E-state index contributed by atoms with van der Waals surface area (Å²) in [5, 5.41) is 0. The van der Waals surface area contributed by atoms with Gasteiger partial charge in [0.15, 0.2) is 0 Å². The van der Waals surface area contributed by atoms with Gasteiger partial charge in [0.2, 0.25) is 0 Å². The highest BCUT2D eigenvalue weighted by Gasteiger charge is 2.18. The average molecular weight is 376 g/mol. The highest BCUT2D eigenvalue weighted by atomic mass is 16.5. The summed E-state index contributed by atoms with van der Waals surface area (Å²) in [4.78, 5) is 0. The fourth-order valence-corrected chi connectivity index (χ4v) is 3.74. The third-order valence-corrected chi connectivity index (χ3v) is 5.21. The Labute approximate surface area is 167 Å². The van der Waals surface area contributed by atoms with E-state index in [2.05, 4.69) is 57.2 Å². The maximum Gasteiger partial charge on any atom is 0.130 e. The molecule has 0 aliphatic rings. The fourth-order valence-electron chi connectivity index (χ4n) is 3.74. The van der Waals surface area contributed by atoms with Gasteiger partial charge in [-0.1, -0.05) is 31.2 Å². The summed E-state index contributed by atoms with van der Waals surface area (Å²) < 4.78 is 16.8. The van der Waals surface area contributed by atoms with E-state index in [0.29, 0.717) is 0 Å². The largest absolute Gasteiger partial charge is 0.496 e. The number of hydrogen-bond donors (Lipinski definition) is 0. The number of rotatable bonds is 6. The lowest BCUT2D eigenvalue weighted by molar-refractivity contribution is 0.410. The summed E-state index contributed by atoms with van der Waals surface area (Å²) >= 11 is 0. The van der Waals surface area contributed by atoms with Gasteiger partial charge in [0, 0.05) is 5.56 Å². The fraction of sp³-hybridized carbons (Fsp3) is 0.280. The third-order valence-electron chi connectivity index (χ3n) is 5.21. The minimum absolute atomic E-state index is 0.885. The molecule has 0 fully saturated rings. The quantitative estimate of drug-likeness (QED) is 0.511. The van der Waals surface area contributed by atoms with Crippen molar-refractivity contribution in [3.63, 3.8) is 0 Å². The smallest absolute Gasteiger partial charge is 0.130 e. The molecule has 0 aliphatic heterocycles. The van der Waals surface area contributed by atoms with Crippen LogP contribution in [0.1, 0.15) is 23.6 Å². The Morgan fingerprint density at radius 1 is 0.679 bits per heavy atom. The van der Waals surface area contributed by atoms with Gasteiger partial charge >= 0.3 is 0 Å². The second-order valence-corrected chi connectivity index (χ2v) is 6.90. The minimum Gasteiger partial charge on any atom is -0.496 e. The molecule has 0 radical (unpaired) electrons. The van der Waals surface area contributed by atoms with E-state index in [1.54, 1.807) is 21.3 Å². The van der Waals surface area contributed by atoms with E-state index in [4.69, 9.17) is 14.2 Å². The standard InChI is InChI=1S/C25H28O3/c1-7-18-8-11-21(19-9-12-22(26-4)16(2)14-19)24(25(18)28-6)20-10-13-23(27-5)17(3)15-20/h8-15H,7H2,1-6H3. The van der Waals surface area contributed by atoms with Gasteiger partial charge in [0.25, 0.3) is 0 Å². The van der Waals surface area contributed by atoms with Gasteiger partial charge in [0.1, 0.15) is 17.2 Å². The van der Waals surface area contributed by atoms with Crippen molar-refractivity contribution in [3.05, 3.63) is 65.2 Å². The van der Waals surface area contributed by atoms with Crippen LogP contribution in [0.5, 0.6) is 17.2 Å². The van der Waals surface area contributed by atoms with Crippen LogP contribution in [0, 0.1) is 13.8 Å². The highest BCUT2D eigenvalue weighted by Crippen LogP contribution is 2.43. The van der Waals surface area contributed by atoms with Gasteiger partial charge in [-0.05, 0) is 77.9 Å². The Bertz CT molecular complexity index is 989. The van der Waals surface area contributed by atoms with Gasteiger partial charge in [0.05, 0.1) is 21.3 Å². The topological polar surface area (TPSA) is 27.7 Å². The van der Waals surface area contributed by atoms with Crippen molar-refractivity contribution < 1.29 is 14.2 Å². The number of aryl methyl sites for hydroxylation is 3. The van der Waals surface area contributed by atoms with Crippen molar-refractivity contribution in [1.82, 2.24) is 0 Å². The lowest BCUT2D eigenvalue weighted by Crippen LogP contribution is -1.98. The maximum absolute atomic E-state index is 5.90. The Morgan fingerprint density at radius 2 is 1.25 bits per heavy atom. The van der Waals surface area contributed by atoms with Crippen molar-refractivity contribution in [2.24, 2.45) is 0 Å². The van der Waals surface area contributed by atoms with Crippen LogP contribution in [-0.4, -0.2) is 21.3 Å². The van der Waals surface area contributed by atoms with E-state index in [-0.39, 0.29) is 0 Å². The molecule has 0 heterocycles. The molecule has 0 saturated heterocycles. The van der Waals surface area contributed by atoms with Gasteiger partial charge in [-0.3, -0.25) is 0 Å². The Balaban J connectivity index is 2.29. The lowest BCUT2D eigenvalue weighted by atomic mass is 9.89. The summed E-state index contributed by atoms with van der Waals surface area (Å²) in [6.45, 7) is 6.28. The molecule has 3 aromatic carbocycles. The molecule has 0 aliphatic carbocycles. The Morgan fingerprint density at radius 3 is 1.75 bits per heavy atom. The summed E-state index contributed by atoms with van der Waals surface area (Å²) in [6, 6.07) is 16.9. The van der Waals surface area contributed by atoms with E-state index in [1.807, 2.05) is 12.1 Å². The van der Waals surface area contributed by atoms with Crippen LogP contribution in [0.15, 0.2) is 48.5 Å². The molecule has 0 N–H and O–H groups in total. The maximum atomic E-state index is 5.90. The third kappa shape index (κ3) is 3.57. The molecule has 3 heteroatoms. The van der Waals surface area contributed by atoms with E-state index in [1.165, 1.54) is 5.56 Å². The first-order valence-electron chi connectivity index (χ1n) is 9.53. The first kappa shape index (κ1) is 19.8. The molecule has 3 nitrogen and oxygen atoms in total. The van der Waals surface area contributed by atoms with Crippen molar-refractivity contribution in [2.75, 3.05) is 21.3 Å². The van der Waals surface area contributed by atoms with Crippen molar-refractivity contribution in [1.29, 1.82) is 0 Å². The highest BCUT2D eigenvalue weighted by molar-refractivity contribution is 5.89. The van der Waals surface area contributed by atoms with Crippen LogP contribution in [0.3, 0.4) is 0 Å². The zero-order valence-corrected chi connectivity index (χ0v) is 17.6. The second kappa shape index (κ2) is 8.39. The van der Waals surface area contributed by atoms with Gasteiger partial charge < -0.3 is 14.2 Å². The summed E-state index contributed by atoms with van der Waals surface area (Å²) in [7, 11) is 5.15. The molecule has 0 spiro atoms. The van der Waals surface area contributed by atoms with E-state index < -0.39 is 0 Å². The zero-order valence-electron chi connectivity index (χ0n) is 17.6. The molecule has 0 aromatic heterocycles. The molecular formula is C25H28O3. The second-order valence-electron chi connectivity index (χ2n) is 6.90. The molecule has 3 aromatic rings. The van der Waals surface area contributed by atoms with Gasteiger partial charge in [-0.25, -0.2) is 0 Å². The first-order chi connectivity index (χ1) is 13.5. The molecule has 0 saturated carbocycles. The molecule has 28 heavy (non-hydrogen) atoms. The number of hydrogen-bond acceptors (Lipinski definition) is 3. The molecule has 0 unspecified atom stereocenters. The van der Waals surface area contributed by atoms with Crippen LogP contribution >= 0.6 is 0 Å². The molecule has 0 bridgehead atoms. The Kier molecular flexibility index (Phi) is 5.93. The molecule has 146 valence electrons. The summed E-state index contributed by atoms with van der Waals surface area (Å²) in [6.07, 6.45) is 0.910. The van der Waals surface area contributed by atoms with Gasteiger partial charge in [-0.15, -0.1) is 0 Å². The van der Waals surface area contributed by atoms with Gasteiger partial charge in [-0.2, -0.15) is 0 Å². The number of benzene rings is 3. The molecule has 0 amide bonds. The van der Waals surface area contributed by atoms with Crippen LogP contribution in [-0.2, 0) is 6.42 Å².